The van der Waals surface area contributed by atoms with Crippen molar-refractivity contribution >= 4 is 40.4 Å². The first-order valence-electron chi connectivity index (χ1n) is 11.7. The van der Waals surface area contributed by atoms with Gasteiger partial charge in [-0.3, -0.25) is 14.6 Å². The Hall–Kier alpha value is -3.31. The third-order valence-corrected chi connectivity index (χ3v) is 7.03. The van der Waals surface area contributed by atoms with Crippen LogP contribution < -0.4 is 4.90 Å². The second-order valence-electron chi connectivity index (χ2n) is 10.1. The Labute approximate surface area is 209 Å². The predicted octanol–water partition coefficient (Wildman–Crippen LogP) is 6.89. The number of anilines is 1. The van der Waals surface area contributed by atoms with Crippen LogP contribution in [0.1, 0.15) is 43.9 Å². The van der Waals surface area contributed by atoms with E-state index in [-0.39, 0.29) is 23.5 Å². The van der Waals surface area contributed by atoms with E-state index in [1.807, 2.05) is 38.1 Å². The van der Waals surface area contributed by atoms with Crippen molar-refractivity contribution in [1.82, 2.24) is 0 Å². The Morgan fingerprint density at radius 1 is 1.03 bits per heavy atom. The molecule has 0 saturated heterocycles. The van der Waals surface area contributed by atoms with E-state index in [2.05, 4.69) is 0 Å². The number of halogens is 2. The quantitative estimate of drug-likeness (QED) is 0.403. The highest BCUT2D eigenvalue weighted by atomic mass is 35.5. The number of aliphatic imine (C=N–C) groups is 1. The largest absolute Gasteiger partial charge is 0.301 e. The highest BCUT2D eigenvalue weighted by Crippen LogP contribution is 2.48. The number of nitrogens with zero attached hydrogens (tertiary/aromatic N) is 2. The summed E-state index contributed by atoms with van der Waals surface area (Å²) in [7, 11) is 0. The third kappa shape index (κ3) is 4.53. The molecule has 2 unspecified atom stereocenters. The summed E-state index contributed by atoms with van der Waals surface area (Å²) in [6.45, 7) is 4.09. The summed E-state index contributed by atoms with van der Waals surface area (Å²) in [5.41, 5.74) is 2.73. The summed E-state index contributed by atoms with van der Waals surface area (Å²) in [5.74, 6) is -1.42. The van der Waals surface area contributed by atoms with Gasteiger partial charge in [-0.05, 0) is 47.7 Å². The molecular formula is C29H26ClFN2O2. The predicted molar refractivity (Wildman–Crippen MR) is 137 cm³/mol. The molecule has 0 radical (unpaired) electrons. The number of benzene rings is 3. The van der Waals surface area contributed by atoms with Gasteiger partial charge in [-0.2, -0.15) is 0 Å². The molecule has 2 aliphatic rings. The minimum atomic E-state index is -0.831. The van der Waals surface area contributed by atoms with Crippen LogP contribution in [-0.2, 0) is 16.0 Å². The fraction of sp³-hybridized carbons (Fsp3) is 0.276. The average molecular weight is 489 g/mol. The lowest BCUT2D eigenvalue weighted by atomic mass is 9.68. The number of hydrogen-bond acceptors (Lipinski definition) is 3. The average Bonchev–Trinajstić information content (AvgIpc) is 2.94. The maximum atomic E-state index is 15.3. The van der Waals surface area contributed by atoms with E-state index >= 15 is 4.39 Å². The highest BCUT2D eigenvalue weighted by Gasteiger charge is 2.48. The van der Waals surface area contributed by atoms with Crippen LogP contribution in [-0.4, -0.2) is 17.4 Å². The van der Waals surface area contributed by atoms with Crippen LogP contribution in [0, 0.1) is 17.2 Å². The number of carbonyl (C=O) groups is 2. The molecule has 3 aromatic carbocycles. The van der Waals surface area contributed by atoms with Crippen LogP contribution in [0.4, 0.5) is 15.8 Å². The van der Waals surface area contributed by atoms with Crippen LogP contribution >= 0.6 is 11.6 Å². The number of hydrogen-bond donors (Lipinski definition) is 0. The minimum Gasteiger partial charge on any atom is -0.301 e. The molecule has 35 heavy (non-hydrogen) atoms. The van der Waals surface area contributed by atoms with Gasteiger partial charge in [0.15, 0.2) is 0 Å². The van der Waals surface area contributed by atoms with Crippen LogP contribution in [0.3, 0.4) is 0 Å². The Morgan fingerprint density at radius 2 is 1.71 bits per heavy atom. The lowest BCUT2D eigenvalue weighted by molar-refractivity contribution is -0.125. The van der Waals surface area contributed by atoms with E-state index in [0.29, 0.717) is 40.5 Å². The lowest BCUT2D eigenvalue weighted by Gasteiger charge is -2.41. The van der Waals surface area contributed by atoms with Gasteiger partial charge in [0.05, 0.1) is 29.8 Å². The first-order valence-corrected chi connectivity index (χ1v) is 12.1. The van der Waals surface area contributed by atoms with Gasteiger partial charge in [-0.15, -0.1) is 0 Å². The molecule has 1 aliphatic heterocycles. The molecule has 178 valence electrons. The number of fused-ring (bicyclic) bond motifs is 2. The molecule has 1 fully saturated rings. The Kier molecular flexibility index (Phi) is 6.06. The molecule has 0 spiro atoms. The van der Waals surface area contributed by atoms with Crippen LogP contribution in [0.2, 0.25) is 5.02 Å². The Bertz CT molecular complexity index is 1330. The number of rotatable bonds is 3. The normalized spacial score (nSPS) is 21.0. The number of amides is 1. The fourth-order valence-electron chi connectivity index (χ4n) is 5.30. The van der Waals surface area contributed by atoms with Gasteiger partial charge < -0.3 is 4.90 Å². The van der Waals surface area contributed by atoms with E-state index in [1.54, 1.807) is 47.4 Å². The Balaban J connectivity index is 1.70. The van der Waals surface area contributed by atoms with Crippen molar-refractivity contribution < 1.29 is 14.0 Å². The van der Waals surface area contributed by atoms with Gasteiger partial charge >= 0.3 is 0 Å². The van der Waals surface area contributed by atoms with Gasteiger partial charge in [0, 0.05) is 22.7 Å². The van der Waals surface area contributed by atoms with Crippen molar-refractivity contribution in [2.75, 3.05) is 4.90 Å². The fourth-order valence-corrected chi connectivity index (χ4v) is 5.42. The first-order chi connectivity index (χ1) is 16.7. The molecule has 3 aromatic rings. The van der Waals surface area contributed by atoms with Gasteiger partial charge in [0.25, 0.3) is 0 Å². The van der Waals surface area contributed by atoms with Gasteiger partial charge in [-0.1, -0.05) is 67.9 Å². The zero-order valence-corrected chi connectivity index (χ0v) is 20.4. The van der Waals surface area contributed by atoms with Crippen molar-refractivity contribution in [2.45, 2.75) is 39.2 Å². The maximum Gasteiger partial charge on any atom is 0.232 e. The van der Waals surface area contributed by atoms with E-state index in [4.69, 9.17) is 16.6 Å². The molecule has 2 atom stereocenters. The molecule has 1 saturated carbocycles. The number of para-hydroxylation sites is 2. The minimum absolute atomic E-state index is 0.0228. The highest BCUT2D eigenvalue weighted by molar-refractivity contribution is 6.30. The van der Waals surface area contributed by atoms with Crippen LogP contribution in [0.15, 0.2) is 77.8 Å². The molecule has 1 amide bonds. The molecule has 5 rings (SSSR count). The molecule has 6 heteroatoms. The van der Waals surface area contributed by atoms with Crippen LogP contribution in [0.25, 0.3) is 0 Å². The molecule has 0 N–H and O–H groups in total. The lowest BCUT2D eigenvalue weighted by Crippen LogP contribution is -2.48. The van der Waals surface area contributed by atoms with Gasteiger partial charge in [-0.25, -0.2) is 4.39 Å². The van der Waals surface area contributed by atoms with E-state index in [9.17, 15) is 9.59 Å². The van der Waals surface area contributed by atoms with E-state index in [0.717, 1.165) is 5.56 Å². The van der Waals surface area contributed by atoms with Crippen LogP contribution in [0.5, 0.6) is 0 Å². The summed E-state index contributed by atoms with van der Waals surface area (Å²) in [6, 6.07) is 20.0. The zero-order chi connectivity index (χ0) is 24.7. The van der Waals surface area contributed by atoms with E-state index in [1.165, 1.54) is 6.07 Å². The summed E-state index contributed by atoms with van der Waals surface area (Å²) in [4.78, 5) is 34.2. The second-order valence-corrected chi connectivity index (χ2v) is 10.5. The summed E-state index contributed by atoms with van der Waals surface area (Å²) >= 11 is 6.03. The SMILES string of the molecule is CC1(C)CC(=O)C2C(=Nc3ccccc3N(C(=O)Cc3ccc(Cl)cc3)C2c2ccccc2F)C1. The molecule has 4 nitrogen and oxygen atoms in total. The van der Waals surface area contributed by atoms with Gasteiger partial charge in [0.2, 0.25) is 5.91 Å². The molecule has 1 heterocycles. The molecule has 1 aliphatic carbocycles. The summed E-state index contributed by atoms with van der Waals surface area (Å²) < 4.78 is 15.3. The van der Waals surface area contributed by atoms with Crippen molar-refractivity contribution in [3.63, 3.8) is 0 Å². The molecular weight excluding hydrogens is 463 g/mol. The Morgan fingerprint density at radius 3 is 2.46 bits per heavy atom. The number of Topliss-reactive ketones (excluding diaryl/α,β-unsaturated/α-hetero) is 1. The van der Waals surface area contributed by atoms with Crippen molar-refractivity contribution in [3.05, 3.63) is 94.8 Å². The molecule has 0 aromatic heterocycles. The zero-order valence-electron chi connectivity index (χ0n) is 19.7. The van der Waals surface area contributed by atoms with E-state index < -0.39 is 17.8 Å². The smallest absolute Gasteiger partial charge is 0.232 e. The number of carbonyl (C=O) groups excluding carboxylic acids is 2. The topological polar surface area (TPSA) is 49.7 Å². The molecule has 0 bridgehead atoms. The third-order valence-electron chi connectivity index (χ3n) is 6.78. The monoisotopic (exact) mass is 488 g/mol. The van der Waals surface area contributed by atoms with Crippen molar-refractivity contribution in [2.24, 2.45) is 16.3 Å². The number of ketones is 1. The standard InChI is InChI=1S/C29H26ClFN2O2/c1-29(2)16-23-27(25(34)17-29)28(20-7-3-4-8-21(20)31)33(24-10-6-5-9-22(24)32-23)26(35)15-18-11-13-19(30)14-12-18/h3-14,27-28H,15-17H2,1-2H3. The van der Waals surface area contributed by atoms with Crippen molar-refractivity contribution in [3.8, 4) is 0 Å². The van der Waals surface area contributed by atoms with Gasteiger partial charge in [0.1, 0.15) is 11.6 Å². The van der Waals surface area contributed by atoms with Crippen molar-refractivity contribution in [1.29, 1.82) is 0 Å². The first kappa shape index (κ1) is 23.4. The second kappa shape index (κ2) is 9.04. The summed E-state index contributed by atoms with van der Waals surface area (Å²) in [5, 5.41) is 0.582. The maximum absolute atomic E-state index is 15.3. The summed E-state index contributed by atoms with van der Waals surface area (Å²) in [6.07, 6.45) is 1.03.